The SMILES string of the molecule is Cc1c(C(=O)NCC(C)CO)cccc1-c1ccccn1. The van der Waals surface area contributed by atoms with Crippen molar-refractivity contribution < 1.29 is 9.90 Å². The van der Waals surface area contributed by atoms with Gasteiger partial charge in [0, 0.05) is 30.5 Å². The van der Waals surface area contributed by atoms with E-state index in [2.05, 4.69) is 10.3 Å². The molecule has 4 heteroatoms. The molecule has 1 amide bonds. The van der Waals surface area contributed by atoms with Gasteiger partial charge in [-0.3, -0.25) is 9.78 Å². The summed E-state index contributed by atoms with van der Waals surface area (Å²) in [4.78, 5) is 16.6. The molecule has 0 radical (unpaired) electrons. The molecule has 1 unspecified atom stereocenters. The summed E-state index contributed by atoms with van der Waals surface area (Å²) in [6, 6.07) is 11.4. The van der Waals surface area contributed by atoms with Gasteiger partial charge in [0.1, 0.15) is 0 Å². The number of aliphatic hydroxyl groups is 1. The number of carbonyl (C=O) groups is 1. The summed E-state index contributed by atoms with van der Waals surface area (Å²) in [7, 11) is 0. The molecule has 2 N–H and O–H groups in total. The first-order valence-electron chi connectivity index (χ1n) is 7.03. The van der Waals surface area contributed by atoms with Crippen molar-refractivity contribution in [2.75, 3.05) is 13.2 Å². The van der Waals surface area contributed by atoms with Crippen molar-refractivity contribution in [3.63, 3.8) is 0 Å². The van der Waals surface area contributed by atoms with Crippen LogP contribution in [0.4, 0.5) is 0 Å². The molecule has 0 saturated carbocycles. The highest BCUT2D eigenvalue weighted by Gasteiger charge is 2.13. The molecule has 0 bridgehead atoms. The van der Waals surface area contributed by atoms with E-state index >= 15 is 0 Å². The van der Waals surface area contributed by atoms with Crippen molar-refractivity contribution in [1.29, 1.82) is 0 Å². The van der Waals surface area contributed by atoms with Crippen LogP contribution in [0.25, 0.3) is 11.3 Å². The summed E-state index contributed by atoms with van der Waals surface area (Å²) in [5, 5.41) is 11.9. The molecule has 1 atom stereocenters. The van der Waals surface area contributed by atoms with Crippen LogP contribution in [0.2, 0.25) is 0 Å². The number of aromatic nitrogens is 1. The van der Waals surface area contributed by atoms with Crippen LogP contribution in [0.3, 0.4) is 0 Å². The Morgan fingerprint density at radius 1 is 1.29 bits per heavy atom. The summed E-state index contributed by atoms with van der Waals surface area (Å²) >= 11 is 0. The van der Waals surface area contributed by atoms with Crippen molar-refractivity contribution >= 4 is 5.91 Å². The van der Waals surface area contributed by atoms with Gasteiger partial charge in [-0.25, -0.2) is 0 Å². The molecule has 0 saturated heterocycles. The standard InChI is InChI=1S/C17H20N2O2/c1-12(11-20)10-19-17(21)15-7-5-6-14(13(15)2)16-8-3-4-9-18-16/h3-9,12,20H,10-11H2,1-2H3,(H,19,21). The van der Waals surface area contributed by atoms with Gasteiger partial charge in [-0.15, -0.1) is 0 Å². The fraction of sp³-hybridized carbons (Fsp3) is 0.294. The second-order valence-corrected chi connectivity index (χ2v) is 5.19. The number of aliphatic hydroxyl groups excluding tert-OH is 1. The van der Waals surface area contributed by atoms with E-state index in [1.54, 1.807) is 12.3 Å². The zero-order valence-electron chi connectivity index (χ0n) is 12.3. The van der Waals surface area contributed by atoms with E-state index in [4.69, 9.17) is 5.11 Å². The van der Waals surface area contributed by atoms with Gasteiger partial charge in [0.25, 0.3) is 5.91 Å². The highest BCUT2D eigenvalue weighted by atomic mass is 16.3. The normalized spacial score (nSPS) is 12.0. The van der Waals surface area contributed by atoms with Gasteiger partial charge in [0.2, 0.25) is 0 Å². The number of amides is 1. The van der Waals surface area contributed by atoms with Crippen LogP contribution in [0.1, 0.15) is 22.8 Å². The fourth-order valence-electron chi connectivity index (χ4n) is 2.11. The maximum atomic E-state index is 12.3. The zero-order valence-corrected chi connectivity index (χ0v) is 12.3. The first kappa shape index (κ1) is 15.2. The molecule has 0 aliphatic carbocycles. The highest BCUT2D eigenvalue weighted by Crippen LogP contribution is 2.23. The Labute approximate surface area is 124 Å². The van der Waals surface area contributed by atoms with Crippen LogP contribution in [-0.2, 0) is 0 Å². The van der Waals surface area contributed by atoms with Crippen LogP contribution < -0.4 is 5.32 Å². The van der Waals surface area contributed by atoms with E-state index < -0.39 is 0 Å². The van der Waals surface area contributed by atoms with Crippen molar-refractivity contribution in [2.45, 2.75) is 13.8 Å². The Bertz CT molecular complexity index is 611. The number of pyridine rings is 1. The maximum absolute atomic E-state index is 12.3. The topological polar surface area (TPSA) is 62.2 Å². The summed E-state index contributed by atoms with van der Waals surface area (Å²) in [5.41, 5.74) is 3.36. The van der Waals surface area contributed by atoms with Gasteiger partial charge in [-0.1, -0.05) is 25.1 Å². The van der Waals surface area contributed by atoms with Gasteiger partial charge in [-0.05, 0) is 36.6 Å². The number of carbonyl (C=O) groups excluding carboxylic acids is 1. The summed E-state index contributed by atoms with van der Waals surface area (Å²) in [6.07, 6.45) is 1.74. The second-order valence-electron chi connectivity index (χ2n) is 5.19. The number of benzene rings is 1. The lowest BCUT2D eigenvalue weighted by Gasteiger charge is -2.13. The molecule has 0 aliphatic rings. The number of hydrogen-bond acceptors (Lipinski definition) is 3. The van der Waals surface area contributed by atoms with Gasteiger partial charge in [0.05, 0.1) is 5.69 Å². The van der Waals surface area contributed by atoms with E-state index in [1.165, 1.54) is 0 Å². The van der Waals surface area contributed by atoms with Gasteiger partial charge in [-0.2, -0.15) is 0 Å². The third kappa shape index (κ3) is 3.67. The lowest BCUT2D eigenvalue weighted by Crippen LogP contribution is -2.30. The second kappa shape index (κ2) is 6.99. The smallest absolute Gasteiger partial charge is 0.251 e. The largest absolute Gasteiger partial charge is 0.396 e. The van der Waals surface area contributed by atoms with E-state index in [1.807, 2.05) is 44.2 Å². The molecule has 1 heterocycles. The highest BCUT2D eigenvalue weighted by molar-refractivity contribution is 5.97. The third-order valence-electron chi connectivity index (χ3n) is 3.44. The van der Waals surface area contributed by atoms with E-state index in [9.17, 15) is 4.79 Å². The molecule has 1 aromatic heterocycles. The molecule has 0 fully saturated rings. The average Bonchev–Trinajstić information content (AvgIpc) is 2.53. The Balaban J connectivity index is 2.24. The Hall–Kier alpha value is -2.20. The maximum Gasteiger partial charge on any atom is 0.251 e. The van der Waals surface area contributed by atoms with Gasteiger partial charge < -0.3 is 10.4 Å². The van der Waals surface area contributed by atoms with Crippen LogP contribution in [0.5, 0.6) is 0 Å². The first-order chi connectivity index (χ1) is 10.1. The van der Waals surface area contributed by atoms with Crippen molar-refractivity contribution in [2.24, 2.45) is 5.92 Å². The van der Waals surface area contributed by atoms with Crippen LogP contribution in [0, 0.1) is 12.8 Å². The molecule has 110 valence electrons. The Kier molecular flexibility index (Phi) is 5.06. The molecule has 2 aromatic rings. The minimum atomic E-state index is -0.120. The Morgan fingerprint density at radius 3 is 2.76 bits per heavy atom. The number of nitrogens with zero attached hydrogens (tertiary/aromatic N) is 1. The molecular weight excluding hydrogens is 264 g/mol. The van der Waals surface area contributed by atoms with Crippen LogP contribution in [0.15, 0.2) is 42.6 Å². The van der Waals surface area contributed by atoms with Gasteiger partial charge in [0.15, 0.2) is 0 Å². The number of nitrogens with one attached hydrogen (secondary N) is 1. The third-order valence-corrected chi connectivity index (χ3v) is 3.44. The van der Waals surface area contributed by atoms with Crippen LogP contribution >= 0.6 is 0 Å². The molecular formula is C17H20N2O2. The van der Waals surface area contributed by atoms with Crippen LogP contribution in [-0.4, -0.2) is 29.1 Å². The number of hydrogen-bond donors (Lipinski definition) is 2. The summed E-state index contributed by atoms with van der Waals surface area (Å²) < 4.78 is 0. The van der Waals surface area contributed by atoms with E-state index in [0.717, 1.165) is 16.8 Å². The molecule has 0 spiro atoms. The summed E-state index contributed by atoms with van der Waals surface area (Å²) in [6.45, 7) is 4.33. The van der Waals surface area contributed by atoms with Crippen molar-refractivity contribution in [3.05, 3.63) is 53.7 Å². The van der Waals surface area contributed by atoms with E-state index in [0.29, 0.717) is 12.1 Å². The lowest BCUT2D eigenvalue weighted by molar-refractivity contribution is 0.0941. The first-order valence-corrected chi connectivity index (χ1v) is 7.03. The molecule has 0 aliphatic heterocycles. The summed E-state index contributed by atoms with van der Waals surface area (Å²) in [5.74, 6) is -0.0705. The minimum Gasteiger partial charge on any atom is -0.396 e. The molecule has 21 heavy (non-hydrogen) atoms. The molecule has 4 nitrogen and oxygen atoms in total. The minimum absolute atomic E-state index is 0.0493. The zero-order chi connectivity index (χ0) is 15.2. The lowest BCUT2D eigenvalue weighted by atomic mass is 9.99. The monoisotopic (exact) mass is 284 g/mol. The van der Waals surface area contributed by atoms with Crippen molar-refractivity contribution in [1.82, 2.24) is 10.3 Å². The predicted octanol–water partition coefficient (Wildman–Crippen LogP) is 2.42. The molecule has 1 aromatic carbocycles. The Morgan fingerprint density at radius 2 is 2.10 bits per heavy atom. The quantitative estimate of drug-likeness (QED) is 0.886. The number of rotatable bonds is 5. The van der Waals surface area contributed by atoms with Gasteiger partial charge >= 0.3 is 0 Å². The fourth-order valence-corrected chi connectivity index (χ4v) is 2.11. The van der Waals surface area contributed by atoms with Crippen molar-refractivity contribution in [3.8, 4) is 11.3 Å². The predicted molar refractivity (Wildman–Crippen MR) is 83.0 cm³/mol. The average molecular weight is 284 g/mol. The molecule has 2 rings (SSSR count). The van der Waals surface area contributed by atoms with E-state index in [-0.39, 0.29) is 18.4 Å².